The lowest BCUT2D eigenvalue weighted by molar-refractivity contribution is -0.727. The summed E-state index contributed by atoms with van der Waals surface area (Å²) in [6.07, 6.45) is 9.42. The molecule has 1 saturated carbocycles. The Bertz CT molecular complexity index is 3180. The third-order valence-electron chi connectivity index (χ3n) is 15.3. The number of pyridine rings is 2. The number of nitrogens with zero attached hydrogens (tertiary/aromatic N) is 2. The lowest BCUT2D eigenvalue weighted by Crippen LogP contribution is -2.51. The van der Waals surface area contributed by atoms with Gasteiger partial charge in [-0.1, -0.05) is 149 Å². The molecule has 1 aliphatic carbocycles. The van der Waals surface area contributed by atoms with Crippen LogP contribution in [0, 0.1) is 5.41 Å². The average molecular weight is 813 g/mol. The van der Waals surface area contributed by atoms with Gasteiger partial charge in [-0.2, -0.15) is 9.13 Å². The largest absolute Gasteiger partial charge is 0.220 e. The van der Waals surface area contributed by atoms with Crippen LogP contribution in [0.2, 0.25) is 0 Å². The van der Waals surface area contributed by atoms with E-state index in [1.165, 1.54) is 107 Å². The Hall–Kier alpha value is -6.90. The first-order valence-corrected chi connectivity index (χ1v) is 23.1. The van der Waals surface area contributed by atoms with Crippen LogP contribution in [0.1, 0.15) is 68.8 Å². The molecule has 4 unspecified atom stereocenters. The van der Waals surface area contributed by atoms with Crippen molar-refractivity contribution >= 4 is 10.8 Å². The average Bonchev–Trinajstić information content (AvgIpc) is 3.77. The molecule has 4 heterocycles. The Labute approximate surface area is 371 Å². The molecule has 0 bridgehead atoms. The van der Waals surface area contributed by atoms with Crippen molar-refractivity contribution in [3.63, 3.8) is 0 Å². The fraction of sp³-hybridized carbons (Fsp3) is 0.180. The number of hydrogen-bond donors (Lipinski definition) is 0. The maximum atomic E-state index is 2.70. The lowest BCUT2D eigenvalue weighted by Gasteiger charge is -2.28. The minimum atomic E-state index is -0.142. The molecular formula is C61H52N2+2. The summed E-state index contributed by atoms with van der Waals surface area (Å²) in [5.41, 5.74) is 19.5. The Morgan fingerprint density at radius 3 is 1.83 bits per heavy atom. The Balaban J connectivity index is 0.991. The SMILES string of the molecule is CCCCc1cccc2c3[n+](ccc12)C1C(C)(CC)C1(C1c2ccc(-c4cccc(-c5cc(-c6ccccc6)cc(-c6ccccc6)c5)c4)cc2-c2cccc[n+]21)c1ccccc1-3. The van der Waals surface area contributed by atoms with Crippen LogP contribution < -0.4 is 9.13 Å². The van der Waals surface area contributed by atoms with E-state index >= 15 is 0 Å². The van der Waals surface area contributed by atoms with Crippen molar-refractivity contribution in [2.75, 3.05) is 0 Å². The summed E-state index contributed by atoms with van der Waals surface area (Å²) >= 11 is 0. The molecule has 304 valence electrons. The minimum Gasteiger partial charge on any atom is -0.193 e. The van der Waals surface area contributed by atoms with E-state index in [4.69, 9.17) is 0 Å². The first-order chi connectivity index (χ1) is 31.0. The molecule has 0 spiro atoms. The molecular weight excluding hydrogens is 761 g/mol. The molecule has 12 rings (SSSR count). The predicted octanol–water partition coefficient (Wildman–Crippen LogP) is 14.6. The molecule has 7 aromatic carbocycles. The highest BCUT2D eigenvalue weighted by molar-refractivity contribution is 5.97. The molecule has 3 aliphatic rings. The molecule has 0 amide bonds. The summed E-state index contributed by atoms with van der Waals surface area (Å²) in [6, 6.07) is 71.2. The molecule has 9 aromatic rings. The van der Waals surface area contributed by atoms with Crippen LogP contribution in [0.15, 0.2) is 200 Å². The summed E-state index contributed by atoms with van der Waals surface area (Å²) in [6.45, 7) is 7.30. The van der Waals surface area contributed by atoms with Gasteiger partial charge in [0.25, 0.3) is 0 Å². The van der Waals surface area contributed by atoms with E-state index in [0.717, 1.165) is 12.8 Å². The lowest BCUT2D eigenvalue weighted by atomic mass is 9.73. The number of aromatic nitrogens is 2. The van der Waals surface area contributed by atoms with E-state index < -0.39 is 0 Å². The van der Waals surface area contributed by atoms with Gasteiger partial charge in [-0.3, -0.25) is 0 Å². The summed E-state index contributed by atoms with van der Waals surface area (Å²) < 4.78 is 5.33. The van der Waals surface area contributed by atoms with E-state index in [-0.39, 0.29) is 16.9 Å². The van der Waals surface area contributed by atoms with Crippen molar-refractivity contribution in [3.8, 4) is 67.0 Å². The van der Waals surface area contributed by atoms with Gasteiger partial charge < -0.3 is 0 Å². The number of unbranched alkanes of at least 4 members (excludes halogenated alkanes) is 1. The minimum absolute atomic E-state index is 0.0266. The maximum Gasteiger partial charge on any atom is 0.220 e. The molecule has 2 aromatic heterocycles. The van der Waals surface area contributed by atoms with Crippen LogP contribution in [-0.4, -0.2) is 0 Å². The second kappa shape index (κ2) is 14.6. The van der Waals surface area contributed by atoms with E-state index in [2.05, 4.69) is 230 Å². The van der Waals surface area contributed by atoms with E-state index in [1.54, 1.807) is 0 Å². The zero-order valence-electron chi connectivity index (χ0n) is 36.4. The van der Waals surface area contributed by atoms with Crippen LogP contribution in [0.25, 0.3) is 77.8 Å². The smallest absolute Gasteiger partial charge is 0.193 e. The van der Waals surface area contributed by atoms with Gasteiger partial charge in [0.05, 0.1) is 21.9 Å². The predicted molar refractivity (Wildman–Crippen MR) is 259 cm³/mol. The van der Waals surface area contributed by atoms with Crippen molar-refractivity contribution in [1.82, 2.24) is 0 Å². The number of aryl methyl sites for hydroxylation is 1. The molecule has 63 heavy (non-hydrogen) atoms. The zero-order valence-corrected chi connectivity index (χ0v) is 36.4. The first kappa shape index (κ1) is 37.8. The van der Waals surface area contributed by atoms with Crippen molar-refractivity contribution < 1.29 is 9.13 Å². The van der Waals surface area contributed by atoms with Gasteiger partial charge in [0.1, 0.15) is 5.41 Å². The van der Waals surface area contributed by atoms with Gasteiger partial charge in [0.2, 0.25) is 17.4 Å². The fourth-order valence-electron chi connectivity index (χ4n) is 12.3. The summed E-state index contributed by atoms with van der Waals surface area (Å²) in [7, 11) is 0. The molecule has 2 heteroatoms. The monoisotopic (exact) mass is 812 g/mol. The molecule has 2 aliphatic heterocycles. The third kappa shape index (κ3) is 5.56. The van der Waals surface area contributed by atoms with E-state index in [1.807, 2.05) is 0 Å². The summed E-state index contributed by atoms with van der Waals surface area (Å²) in [5, 5.41) is 2.79. The maximum absolute atomic E-state index is 2.70. The van der Waals surface area contributed by atoms with Gasteiger partial charge in [0.15, 0.2) is 18.4 Å². The molecule has 0 saturated heterocycles. The van der Waals surface area contributed by atoms with Crippen molar-refractivity contribution in [2.24, 2.45) is 5.41 Å². The van der Waals surface area contributed by atoms with E-state index in [9.17, 15) is 0 Å². The molecule has 0 radical (unpaired) electrons. The molecule has 1 fully saturated rings. The van der Waals surface area contributed by atoms with Gasteiger partial charge >= 0.3 is 0 Å². The normalized spacial score (nSPS) is 20.0. The third-order valence-corrected chi connectivity index (χ3v) is 15.3. The van der Waals surface area contributed by atoms with Gasteiger partial charge in [-0.25, -0.2) is 0 Å². The second-order valence-electron chi connectivity index (χ2n) is 18.5. The quantitative estimate of drug-likeness (QED) is 0.128. The van der Waals surface area contributed by atoms with Crippen LogP contribution in [0.5, 0.6) is 0 Å². The summed E-state index contributed by atoms with van der Waals surface area (Å²) in [5.74, 6) is 0. The van der Waals surface area contributed by atoms with Crippen molar-refractivity contribution in [2.45, 2.75) is 64.0 Å². The van der Waals surface area contributed by atoms with Gasteiger partial charge in [-0.05, 0) is 129 Å². The Kier molecular flexibility index (Phi) is 8.77. The van der Waals surface area contributed by atoms with Crippen LogP contribution in [-0.2, 0) is 11.8 Å². The van der Waals surface area contributed by atoms with Gasteiger partial charge in [-0.15, -0.1) is 0 Å². The number of hydrogen-bond acceptors (Lipinski definition) is 0. The number of benzene rings is 7. The van der Waals surface area contributed by atoms with Crippen LogP contribution >= 0.6 is 0 Å². The molecule has 0 N–H and O–H groups in total. The first-order valence-electron chi connectivity index (χ1n) is 23.1. The molecule has 4 atom stereocenters. The highest BCUT2D eigenvalue weighted by Crippen LogP contribution is 2.79. The summed E-state index contributed by atoms with van der Waals surface area (Å²) in [4.78, 5) is 0. The highest BCUT2D eigenvalue weighted by atomic mass is 15.2. The highest BCUT2D eigenvalue weighted by Gasteiger charge is 2.88. The number of fused-ring (bicyclic) bond motifs is 11. The Morgan fingerprint density at radius 1 is 0.476 bits per heavy atom. The van der Waals surface area contributed by atoms with Crippen LogP contribution in [0.4, 0.5) is 0 Å². The topological polar surface area (TPSA) is 7.76 Å². The van der Waals surface area contributed by atoms with Crippen molar-refractivity contribution in [1.29, 1.82) is 0 Å². The van der Waals surface area contributed by atoms with Crippen LogP contribution in [0.3, 0.4) is 0 Å². The fourth-order valence-corrected chi connectivity index (χ4v) is 12.3. The standard InChI is InChI=1S/C61H52N2/c1-4-6-19-43-24-18-28-51-50(43)33-35-63-57(51)53-27-13-14-29-55(53)61(59(63)60(61,3)5-2)58-52-32-31-46(40-54(52)56-30-15-16-34-62(56)58)44-25-17-26-45(36-44)49-38-47(41-20-9-7-10-21-41)37-48(39-49)42-22-11-8-12-23-42/h7-18,20-40,58-59H,4-6,19H2,1-3H3/q+2. The number of rotatable bonds is 9. The second-order valence-corrected chi connectivity index (χ2v) is 18.5. The Morgan fingerprint density at radius 2 is 1.10 bits per heavy atom. The van der Waals surface area contributed by atoms with E-state index in [0.29, 0.717) is 6.04 Å². The zero-order chi connectivity index (χ0) is 42.3. The molecule has 2 nitrogen and oxygen atoms in total. The van der Waals surface area contributed by atoms with Gasteiger partial charge in [0, 0.05) is 23.8 Å². The van der Waals surface area contributed by atoms with Crippen molar-refractivity contribution in [3.05, 3.63) is 217 Å².